The normalized spacial score (nSPS) is 16.1. The first-order valence-corrected chi connectivity index (χ1v) is 6.47. The van der Waals surface area contributed by atoms with Crippen molar-refractivity contribution in [3.05, 3.63) is 29.3 Å². The highest BCUT2D eigenvalue weighted by Crippen LogP contribution is 2.28. The molecule has 0 radical (unpaired) electrons. The van der Waals surface area contributed by atoms with Crippen molar-refractivity contribution in [1.82, 2.24) is 5.32 Å². The molecule has 17 heavy (non-hydrogen) atoms. The third-order valence-electron chi connectivity index (χ3n) is 3.30. The van der Waals surface area contributed by atoms with Crippen molar-refractivity contribution >= 4 is 0 Å². The molecule has 0 aromatic heterocycles. The van der Waals surface area contributed by atoms with Crippen LogP contribution in [0.25, 0.3) is 0 Å². The van der Waals surface area contributed by atoms with Gasteiger partial charge in [-0.15, -0.1) is 0 Å². The summed E-state index contributed by atoms with van der Waals surface area (Å²) in [5.74, 6) is 1.04. The maximum atomic E-state index is 6.20. The Labute approximate surface area is 103 Å². The van der Waals surface area contributed by atoms with Crippen LogP contribution in [0.1, 0.15) is 36.4 Å². The van der Waals surface area contributed by atoms with Crippen LogP contribution in [0.4, 0.5) is 0 Å². The minimum atomic E-state index is 0.149. The number of ether oxygens (including phenoxy) is 1. The molecule has 2 rings (SSSR count). The minimum absolute atomic E-state index is 0.149. The Morgan fingerprint density at radius 3 is 3.18 bits per heavy atom. The van der Waals surface area contributed by atoms with Crippen molar-refractivity contribution in [3.8, 4) is 5.75 Å². The Morgan fingerprint density at radius 2 is 2.35 bits per heavy atom. The van der Waals surface area contributed by atoms with E-state index >= 15 is 0 Å². The summed E-state index contributed by atoms with van der Waals surface area (Å²) in [5, 5.41) is 3.15. The first kappa shape index (κ1) is 12.4. The summed E-state index contributed by atoms with van der Waals surface area (Å²) in [6, 6.07) is 6.55. The molecule has 0 spiro atoms. The molecule has 3 N–H and O–H groups in total. The van der Waals surface area contributed by atoms with E-state index in [-0.39, 0.29) is 6.04 Å². The predicted molar refractivity (Wildman–Crippen MR) is 70.3 cm³/mol. The van der Waals surface area contributed by atoms with E-state index in [4.69, 9.17) is 10.5 Å². The van der Waals surface area contributed by atoms with E-state index in [0.29, 0.717) is 0 Å². The number of fused-ring (bicyclic) bond motifs is 1. The lowest BCUT2D eigenvalue weighted by atomic mass is 9.97. The van der Waals surface area contributed by atoms with Gasteiger partial charge in [-0.25, -0.2) is 0 Å². The van der Waals surface area contributed by atoms with Gasteiger partial charge in [-0.3, -0.25) is 0 Å². The first-order valence-electron chi connectivity index (χ1n) is 6.47. The highest BCUT2D eigenvalue weighted by Gasteiger charge is 2.13. The SMILES string of the molecule is CNCCCC(N)c1ccc2c(c1)CCCO2. The van der Waals surface area contributed by atoms with Gasteiger partial charge in [0.25, 0.3) is 0 Å². The van der Waals surface area contributed by atoms with Crippen LogP contribution in [0.2, 0.25) is 0 Å². The number of nitrogens with one attached hydrogen (secondary N) is 1. The van der Waals surface area contributed by atoms with Crippen LogP contribution in [0.15, 0.2) is 18.2 Å². The van der Waals surface area contributed by atoms with Crippen LogP contribution in [-0.2, 0) is 6.42 Å². The zero-order valence-corrected chi connectivity index (χ0v) is 10.5. The van der Waals surface area contributed by atoms with Crippen LogP contribution in [-0.4, -0.2) is 20.2 Å². The monoisotopic (exact) mass is 234 g/mol. The average molecular weight is 234 g/mol. The van der Waals surface area contributed by atoms with Gasteiger partial charge in [0, 0.05) is 6.04 Å². The van der Waals surface area contributed by atoms with Gasteiger partial charge in [0.1, 0.15) is 5.75 Å². The molecular formula is C14H22N2O. The van der Waals surface area contributed by atoms with Gasteiger partial charge in [-0.05, 0) is 56.5 Å². The Morgan fingerprint density at radius 1 is 1.47 bits per heavy atom. The maximum absolute atomic E-state index is 6.20. The standard InChI is InChI=1S/C14H22N2O/c1-16-8-2-5-13(15)11-6-7-14-12(10-11)4-3-9-17-14/h6-7,10,13,16H,2-5,8-9,15H2,1H3. The fraction of sp³-hybridized carbons (Fsp3) is 0.571. The van der Waals surface area contributed by atoms with Gasteiger partial charge in [-0.1, -0.05) is 12.1 Å². The smallest absolute Gasteiger partial charge is 0.122 e. The molecule has 0 bridgehead atoms. The highest BCUT2D eigenvalue weighted by atomic mass is 16.5. The van der Waals surface area contributed by atoms with Gasteiger partial charge < -0.3 is 15.8 Å². The summed E-state index contributed by atoms with van der Waals surface area (Å²) < 4.78 is 5.61. The third-order valence-corrected chi connectivity index (χ3v) is 3.30. The van der Waals surface area contributed by atoms with Crippen LogP contribution >= 0.6 is 0 Å². The number of hydrogen-bond donors (Lipinski definition) is 2. The van der Waals surface area contributed by atoms with Gasteiger partial charge in [0.15, 0.2) is 0 Å². The van der Waals surface area contributed by atoms with Crippen LogP contribution in [0.3, 0.4) is 0 Å². The van der Waals surface area contributed by atoms with E-state index in [1.54, 1.807) is 0 Å². The molecule has 1 aromatic carbocycles. The Hall–Kier alpha value is -1.06. The average Bonchev–Trinajstić information content (AvgIpc) is 2.38. The molecule has 0 saturated carbocycles. The topological polar surface area (TPSA) is 47.3 Å². The Balaban J connectivity index is 2.00. The van der Waals surface area contributed by atoms with Crippen molar-refractivity contribution in [1.29, 1.82) is 0 Å². The summed E-state index contributed by atoms with van der Waals surface area (Å²) in [5.41, 5.74) is 8.76. The van der Waals surface area contributed by atoms with Gasteiger partial charge in [0.2, 0.25) is 0 Å². The summed E-state index contributed by atoms with van der Waals surface area (Å²) in [6.45, 7) is 1.88. The maximum Gasteiger partial charge on any atom is 0.122 e. The quantitative estimate of drug-likeness (QED) is 0.766. The minimum Gasteiger partial charge on any atom is -0.493 e. The fourth-order valence-corrected chi connectivity index (χ4v) is 2.28. The fourth-order valence-electron chi connectivity index (χ4n) is 2.28. The number of nitrogens with two attached hydrogens (primary N) is 1. The zero-order chi connectivity index (χ0) is 12.1. The molecule has 1 aliphatic rings. The number of rotatable bonds is 5. The van der Waals surface area contributed by atoms with Crippen molar-refractivity contribution < 1.29 is 4.74 Å². The van der Waals surface area contributed by atoms with E-state index in [9.17, 15) is 0 Å². The molecule has 0 saturated heterocycles. The second-order valence-electron chi connectivity index (χ2n) is 4.67. The first-order chi connectivity index (χ1) is 8.31. The summed E-state index contributed by atoms with van der Waals surface area (Å²) >= 11 is 0. The molecular weight excluding hydrogens is 212 g/mol. The van der Waals surface area contributed by atoms with Crippen molar-refractivity contribution in [2.75, 3.05) is 20.2 Å². The van der Waals surface area contributed by atoms with Crippen LogP contribution in [0, 0.1) is 0 Å². The second kappa shape index (κ2) is 6.03. The van der Waals surface area contributed by atoms with E-state index in [0.717, 1.165) is 44.6 Å². The molecule has 3 nitrogen and oxygen atoms in total. The lowest BCUT2D eigenvalue weighted by Crippen LogP contribution is -2.15. The number of benzene rings is 1. The van der Waals surface area contributed by atoms with E-state index in [1.165, 1.54) is 11.1 Å². The van der Waals surface area contributed by atoms with E-state index in [2.05, 4.69) is 23.5 Å². The molecule has 1 aliphatic heterocycles. The van der Waals surface area contributed by atoms with E-state index in [1.807, 2.05) is 7.05 Å². The number of hydrogen-bond acceptors (Lipinski definition) is 3. The van der Waals surface area contributed by atoms with Crippen molar-refractivity contribution in [3.63, 3.8) is 0 Å². The Bertz CT molecular complexity index is 365. The number of aryl methyl sites for hydroxylation is 1. The summed E-state index contributed by atoms with van der Waals surface area (Å²) in [6.07, 6.45) is 4.38. The molecule has 94 valence electrons. The largest absolute Gasteiger partial charge is 0.493 e. The molecule has 1 aromatic rings. The van der Waals surface area contributed by atoms with Crippen LogP contribution < -0.4 is 15.8 Å². The lowest BCUT2D eigenvalue weighted by Gasteiger charge is -2.20. The highest BCUT2D eigenvalue weighted by molar-refractivity contribution is 5.39. The van der Waals surface area contributed by atoms with Crippen molar-refractivity contribution in [2.24, 2.45) is 5.73 Å². The van der Waals surface area contributed by atoms with Crippen molar-refractivity contribution in [2.45, 2.75) is 31.7 Å². The summed E-state index contributed by atoms with van der Waals surface area (Å²) in [4.78, 5) is 0. The van der Waals surface area contributed by atoms with Gasteiger partial charge in [-0.2, -0.15) is 0 Å². The molecule has 0 aliphatic carbocycles. The molecule has 3 heteroatoms. The molecule has 0 amide bonds. The summed E-state index contributed by atoms with van der Waals surface area (Å²) in [7, 11) is 1.97. The third kappa shape index (κ3) is 3.20. The molecule has 1 atom stereocenters. The molecule has 1 heterocycles. The Kier molecular flexibility index (Phi) is 4.40. The zero-order valence-electron chi connectivity index (χ0n) is 10.5. The molecule has 1 unspecified atom stereocenters. The second-order valence-corrected chi connectivity index (χ2v) is 4.67. The van der Waals surface area contributed by atoms with Gasteiger partial charge in [0.05, 0.1) is 6.61 Å². The van der Waals surface area contributed by atoms with Crippen LogP contribution in [0.5, 0.6) is 5.75 Å². The predicted octanol–water partition coefficient (Wildman–Crippen LogP) is 2.01. The van der Waals surface area contributed by atoms with Gasteiger partial charge >= 0.3 is 0 Å². The lowest BCUT2D eigenvalue weighted by molar-refractivity contribution is 0.288. The molecule has 0 fully saturated rings. The van der Waals surface area contributed by atoms with E-state index < -0.39 is 0 Å².